The summed E-state index contributed by atoms with van der Waals surface area (Å²) in [6.45, 7) is 2.88. The zero-order valence-electron chi connectivity index (χ0n) is 8.33. The third kappa shape index (κ3) is 5.26. The van der Waals surface area contributed by atoms with Gasteiger partial charge in [-0.2, -0.15) is 0 Å². The van der Waals surface area contributed by atoms with Crippen molar-refractivity contribution in [2.24, 2.45) is 0 Å². The van der Waals surface area contributed by atoms with Gasteiger partial charge in [-0.1, -0.05) is 12.8 Å². The summed E-state index contributed by atoms with van der Waals surface area (Å²) in [6, 6.07) is 0. The molecule has 0 spiro atoms. The van der Waals surface area contributed by atoms with Crippen molar-refractivity contribution in [3.05, 3.63) is 0 Å². The third-order valence-corrected chi connectivity index (χ3v) is 3.40. The van der Waals surface area contributed by atoms with Crippen LogP contribution in [-0.4, -0.2) is 45.0 Å². The molecule has 1 aliphatic rings. The van der Waals surface area contributed by atoms with Gasteiger partial charge >= 0.3 is 0 Å². The number of sulfone groups is 1. The molecule has 1 saturated heterocycles. The fourth-order valence-electron chi connectivity index (χ4n) is 1.65. The van der Waals surface area contributed by atoms with Crippen molar-refractivity contribution in [1.29, 1.82) is 0 Å². The average Bonchev–Trinajstić information content (AvgIpc) is 2.26. The van der Waals surface area contributed by atoms with E-state index in [4.69, 9.17) is 0 Å². The molecule has 1 heterocycles. The Hall–Kier alpha value is -0.0900. The molecular weight excluding hydrogens is 186 g/mol. The Bertz CT molecular complexity index is 228. The Kier molecular flexibility index (Phi) is 4.19. The van der Waals surface area contributed by atoms with Gasteiger partial charge < -0.3 is 4.90 Å². The normalized spacial score (nSPS) is 21.3. The molecule has 13 heavy (non-hydrogen) atoms. The van der Waals surface area contributed by atoms with Crippen molar-refractivity contribution in [2.75, 3.05) is 31.6 Å². The van der Waals surface area contributed by atoms with Crippen LogP contribution < -0.4 is 0 Å². The van der Waals surface area contributed by atoms with E-state index in [1.807, 2.05) is 0 Å². The molecule has 0 aliphatic carbocycles. The van der Waals surface area contributed by atoms with Gasteiger partial charge in [0.2, 0.25) is 0 Å². The zero-order chi connectivity index (χ0) is 9.73. The van der Waals surface area contributed by atoms with Crippen molar-refractivity contribution in [3.63, 3.8) is 0 Å². The van der Waals surface area contributed by atoms with E-state index >= 15 is 0 Å². The number of rotatable bonds is 3. The number of likely N-dealkylation sites (tertiary alicyclic amines) is 1. The van der Waals surface area contributed by atoms with E-state index in [-0.39, 0.29) is 0 Å². The van der Waals surface area contributed by atoms with Gasteiger partial charge in [0.05, 0.1) is 5.75 Å². The summed E-state index contributed by atoms with van der Waals surface area (Å²) in [5.74, 6) is 0.312. The number of hydrogen-bond donors (Lipinski definition) is 0. The molecule has 0 aromatic rings. The molecule has 0 amide bonds. The van der Waals surface area contributed by atoms with Crippen LogP contribution in [0.5, 0.6) is 0 Å². The predicted molar refractivity (Wildman–Crippen MR) is 54.6 cm³/mol. The monoisotopic (exact) mass is 205 g/mol. The molecule has 4 heteroatoms. The van der Waals surface area contributed by atoms with Crippen LogP contribution in [0.1, 0.15) is 25.7 Å². The molecule has 1 fully saturated rings. The van der Waals surface area contributed by atoms with Crippen LogP contribution in [0.15, 0.2) is 0 Å². The highest BCUT2D eigenvalue weighted by Crippen LogP contribution is 2.09. The van der Waals surface area contributed by atoms with E-state index in [0.717, 1.165) is 19.6 Å². The zero-order valence-corrected chi connectivity index (χ0v) is 9.15. The van der Waals surface area contributed by atoms with Crippen LogP contribution in [0.25, 0.3) is 0 Å². The summed E-state index contributed by atoms with van der Waals surface area (Å²) < 4.78 is 21.9. The summed E-state index contributed by atoms with van der Waals surface area (Å²) in [5.41, 5.74) is 0. The van der Waals surface area contributed by atoms with Crippen LogP contribution in [0.3, 0.4) is 0 Å². The fraction of sp³-hybridized carbons (Fsp3) is 1.00. The largest absolute Gasteiger partial charge is 0.302 e. The summed E-state index contributed by atoms with van der Waals surface area (Å²) >= 11 is 0. The van der Waals surface area contributed by atoms with Crippen molar-refractivity contribution >= 4 is 9.84 Å². The standard InChI is InChI=1S/C9H19NO2S/c1-13(11,12)9-8-10-6-4-2-3-5-7-10/h2-9H2,1H3. The first-order valence-electron chi connectivity index (χ1n) is 4.98. The Balaban J connectivity index is 2.27. The second kappa shape index (κ2) is 4.96. The van der Waals surface area contributed by atoms with Gasteiger partial charge in [0.25, 0.3) is 0 Å². The molecule has 1 aliphatic heterocycles. The minimum atomic E-state index is -2.78. The minimum Gasteiger partial charge on any atom is -0.302 e. The average molecular weight is 205 g/mol. The molecule has 0 radical (unpaired) electrons. The molecule has 0 aromatic carbocycles. The lowest BCUT2D eigenvalue weighted by atomic mass is 10.2. The smallest absolute Gasteiger partial charge is 0.148 e. The highest BCUT2D eigenvalue weighted by Gasteiger charge is 2.11. The summed E-state index contributed by atoms with van der Waals surface area (Å²) in [7, 11) is -2.78. The SMILES string of the molecule is CS(=O)(=O)CCN1CCCCCC1. The van der Waals surface area contributed by atoms with Crippen LogP contribution in [-0.2, 0) is 9.84 Å². The Morgan fingerprint density at radius 1 is 1.08 bits per heavy atom. The van der Waals surface area contributed by atoms with Crippen molar-refractivity contribution < 1.29 is 8.42 Å². The quantitative estimate of drug-likeness (QED) is 0.687. The van der Waals surface area contributed by atoms with E-state index in [0.29, 0.717) is 5.75 Å². The Morgan fingerprint density at radius 2 is 1.62 bits per heavy atom. The first-order valence-corrected chi connectivity index (χ1v) is 7.04. The van der Waals surface area contributed by atoms with Crippen LogP contribution in [0.4, 0.5) is 0 Å². The second-order valence-electron chi connectivity index (χ2n) is 3.89. The molecule has 1 rings (SSSR count). The van der Waals surface area contributed by atoms with Crippen LogP contribution in [0, 0.1) is 0 Å². The van der Waals surface area contributed by atoms with Gasteiger partial charge in [0.15, 0.2) is 0 Å². The highest BCUT2D eigenvalue weighted by atomic mass is 32.2. The van der Waals surface area contributed by atoms with Gasteiger partial charge in [-0.3, -0.25) is 0 Å². The van der Waals surface area contributed by atoms with E-state index < -0.39 is 9.84 Å². The number of hydrogen-bond acceptors (Lipinski definition) is 3. The maximum Gasteiger partial charge on any atom is 0.148 e. The predicted octanol–water partition coefficient (Wildman–Crippen LogP) is 0.907. The highest BCUT2D eigenvalue weighted by molar-refractivity contribution is 7.90. The third-order valence-electron chi connectivity index (χ3n) is 2.48. The topological polar surface area (TPSA) is 37.4 Å². The van der Waals surface area contributed by atoms with Gasteiger partial charge in [-0.05, 0) is 25.9 Å². The first kappa shape index (κ1) is 11.0. The first-order chi connectivity index (χ1) is 6.08. The molecule has 0 saturated carbocycles. The Morgan fingerprint density at radius 3 is 2.08 bits per heavy atom. The van der Waals surface area contributed by atoms with E-state index in [1.54, 1.807) is 0 Å². The maximum absolute atomic E-state index is 10.9. The van der Waals surface area contributed by atoms with Gasteiger partial charge in [0.1, 0.15) is 9.84 Å². The minimum absolute atomic E-state index is 0.312. The lowest BCUT2D eigenvalue weighted by Gasteiger charge is -2.18. The van der Waals surface area contributed by atoms with Crippen molar-refractivity contribution in [1.82, 2.24) is 4.90 Å². The lowest BCUT2D eigenvalue weighted by Crippen LogP contribution is -2.29. The van der Waals surface area contributed by atoms with Gasteiger partial charge in [-0.25, -0.2) is 8.42 Å². The molecule has 0 bridgehead atoms. The summed E-state index contributed by atoms with van der Waals surface area (Å²) in [6.07, 6.45) is 6.36. The molecule has 3 nitrogen and oxygen atoms in total. The molecular formula is C9H19NO2S. The second-order valence-corrected chi connectivity index (χ2v) is 6.15. The van der Waals surface area contributed by atoms with E-state index in [1.165, 1.54) is 31.9 Å². The maximum atomic E-state index is 10.9. The summed E-state index contributed by atoms with van der Waals surface area (Å²) in [5, 5.41) is 0. The molecule has 0 N–H and O–H groups in total. The Labute approximate surface area is 81.0 Å². The van der Waals surface area contributed by atoms with Gasteiger partial charge in [0, 0.05) is 12.8 Å². The van der Waals surface area contributed by atoms with Crippen molar-refractivity contribution in [2.45, 2.75) is 25.7 Å². The molecule has 0 unspecified atom stereocenters. The van der Waals surface area contributed by atoms with Gasteiger partial charge in [-0.15, -0.1) is 0 Å². The van der Waals surface area contributed by atoms with Crippen LogP contribution in [0.2, 0.25) is 0 Å². The van der Waals surface area contributed by atoms with Crippen molar-refractivity contribution in [3.8, 4) is 0 Å². The molecule has 0 atom stereocenters. The van der Waals surface area contributed by atoms with E-state index in [2.05, 4.69) is 4.90 Å². The molecule has 0 aromatic heterocycles. The number of nitrogens with zero attached hydrogens (tertiary/aromatic N) is 1. The summed E-state index contributed by atoms with van der Waals surface area (Å²) in [4.78, 5) is 2.27. The van der Waals surface area contributed by atoms with E-state index in [9.17, 15) is 8.42 Å². The lowest BCUT2D eigenvalue weighted by molar-refractivity contribution is 0.301. The fourth-order valence-corrected chi connectivity index (χ4v) is 2.24. The molecule has 78 valence electrons. The van der Waals surface area contributed by atoms with Crippen LogP contribution >= 0.6 is 0 Å².